The fraction of sp³-hybridized carbons (Fsp3) is 0.406. The third-order valence-electron chi connectivity index (χ3n) is 8.05. The number of piperidine rings is 1. The molecule has 266 valence electrons. The van der Waals surface area contributed by atoms with Crippen LogP contribution in [0.2, 0.25) is 0 Å². The number of hydrogen-bond donors (Lipinski definition) is 0. The lowest BCUT2D eigenvalue weighted by molar-refractivity contribution is -0.214. The Morgan fingerprint density at radius 1 is 0.857 bits per heavy atom. The van der Waals surface area contributed by atoms with Gasteiger partial charge in [-0.2, -0.15) is 17.5 Å². The summed E-state index contributed by atoms with van der Waals surface area (Å²) in [5.41, 5.74) is 0.136. The van der Waals surface area contributed by atoms with Crippen molar-refractivity contribution in [1.29, 1.82) is 0 Å². The molecule has 49 heavy (non-hydrogen) atoms. The number of ether oxygens (including phenoxy) is 2. The molecule has 1 spiro atoms. The first kappa shape index (κ1) is 36.9. The fourth-order valence-corrected chi connectivity index (χ4v) is 7.94. The first-order valence-corrected chi connectivity index (χ1v) is 18.2. The number of phosphoric ester groups is 1. The summed E-state index contributed by atoms with van der Waals surface area (Å²) in [6.07, 6.45) is -8.98. The number of alkyl halides is 3. The van der Waals surface area contributed by atoms with Gasteiger partial charge in [-0.3, -0.25) is 13.6 Å². The minimum Gasteiger partial charge on any atom is -0.434 e. The van der Waals surface area contributed by atoms with Gasteiger partial charge in [0.2, 0.25) is 16.1 Å². The average molecular weight is 731 g/mol. The quantitative estimate of drug-likeness (QED) is 0.156. The predicted molar refractivity (Wildman–Crippen MR) is 167 cm³/mol. The lowest BCUT2D eigenvalue weighted by atomic mass is 9.90. The molecule has 1 amide bonds. The van der Waals surface area contributed by atoms with Crippen LogP contribution in [-0.2, 0) is 50.8 Å². The summed E-state index contributed by atoms with van der Waals surface area (Å²) < 4.78 is 123. The van der Waals surface area contributed by atoms with Gasteiger partial charge in [0.05, 0.1) is 30.3 Å². The van der Waals surface area contributed by atoms with Gasteiger partial charge in [0.15, 0.2) is 0 Å². The predicted octanol–water partition coefficient (Wildman–Crippen LogP) is 6.31. The monoisotopic (exact) mass is 730 g/mol. The summed E-state index contributed by atoms with van der Waals surface area (Å²) in [7, 11) is -8.59. The number of carbonyl (C=O) groups is 1. The highest BCUT2D eigenvalue weighted by molar-refractivity contribution is 7.89. The normalized spacial score (nSPS) is 17.9. The van der Waals surface area contributed by atoms with Gasteiger partial charge in [0.25, 0.3) is 0 Å². The van der Waals surface area contributed by atoms with Gasteiger partial charge < -0.3 is 14.4 Å². The Labute approximate surface area is 281 Å². The summed E-state index contributed by atoms with van der Waals surface area (Å²) in [6, 6.07) is 21.3. The zero-order valence-electron chi connectivity index (χ0n) is 26.2. The molecule has 11 nitrogen and oxygen atoms in total. The second-order valence-corrected chi connectivity index (χ2v) is 15.1. The van der Waals surface area contributed by atoms with Gasteiger partial charge in [-0.15, -0.1) is 0 Å². The highest BCUT2D eigenvalue weighted by Gasteiger charge is 2.48. The number of carbonyl (C=O) groups excluding carboxylic acids is 1. The van der Waals surface area contributed by atoms with E-state index >= 15 is 0 Å². The van der Waals surface area contributed by atoms with Gasteiger partial charge in [-0.1, -0.05) is 60.7 Å². The molecule has 3 aromatic rings. The van der Waals surface area contributed by atoms with Crippen LogP contribution in [0.15, 0.2) is 89.8 Å². The van der Waals surface area contributed by atoms with Crippen LogP contribution in [0.1, 0.15) is 24.0 Å². The van der Waals surface area contributed by atoms with Crippen molar-refractivity contribution >= 4 is 23.9 Å². The number of benzene rings is 3. The van der Waals surface area contributed by atoms with Crippen LogP contribution in [0.4, 0.5) is 22.4 Å². The zero-order chi connectivity index (χ0) is 35.1. The van der Waals surface area contributed by atoms with Gasteiger partial charge >= 0.3 is 20.1 Å². The minimum atomic E-state index is -5.10. The zero-order valence-corrected chi connectivity index (χ0v) is 27.9. The van der Waals surface area contributed by atoms with E-state index in [1.807, 2.05) is 0 Å². The topological polar surface area (TPSA) is 121 Å². The van der Waals surface area contributed by atoms with Crippen LogP contribution in [0.5, 0.6) is 0 Å². The molecule has 2 fully saturated rings. The fourth-order valence-electron chi connectivity index (χ4n) is 5.29. The minimum absolute atomic E-state index is 0.0501. The summed E-state index contributed by atoms with van der Waals surface area (Å²) in [6.45, 7) is -2.08. The molecule has 0 saturated carbocycles. The third kappa shape index (κ3) is 9.87. The van der Waals surface area contributed by atoms with Gasteiger partial charge in [0, 0.05) is 26.2 Å². The van der Waals surface area contributed by atoms with E-state index in [1.54, 1.807) is 60.7 Å². The molecule has 0 aromatic heterocycles. The summed E-state index contributed by atoms with van der Waals surface area (Å²) in [4.78, 5) is 13.9. The maximum atomic E-state index is 14.1. The van der Waals surface area contributed by atoms with E-state index in [4.69, 9.17) is 23.0 Å². The number of rotatable bonds is 12. The Kier molecular flexibility index (Phi) is 11.8. The number of hydrogen-bond acceptors (Lipinski definition) is 9. The highest BCUT2D eigenvalue weighted by Crippen LogP contribution is 2.51. The second kappa shape index (κ2) is 15.7. The van der Waals surface area contributed by atoms with Crippen molar-refractivity contribution in [2.45, 2.75) is 48.8 Å². The van der Waals surface area contributed by atoms with Gasteiger partial charge in [-0.05, 0) is 48.2 Å². The van der Waals surface area contributed by atoms with Crippen LogP contribution in [0, 0.1) is 5.82 Å². The average Bonchev–Trinajstić information content (AvgIpc) is 3.09. The van der Waals surface area contributed by atoms with E-state index in [0.717, 1.165) is 29.2 Å². The second-order valence-electron chi connectivity index (χ2n) is 11.5. The SMILES string of the molecule is O=C(OC(COP(=O)(OCc1ccccc1)OCc1ccccc1)C(F)(F)F)N1CCC2(CC1)CN(S(=O)(=O)c1ccc(F)cc1)CCO2. The van der Waals surface area contributed by atoms with Crippen molar-refractivity contribution in [3.63, 3.8) is 0 Å². The van der Waals surface area contributed by atoms with Crippen LogP contribution in [0.3, 0.4) is 0 Å². The molecule has 0 radical (unpaired) electrons. The maximum absolute atomic E-state index is 14.1. The standard InChI is InChI=1S/C32H35F4N2O9PS/c33-27-11-13-28(14-12-27)49(41,42)38-19-20-43-31(24-38)15-17-37(18-16-31)30(39)47-29(32(34,35)36)23-46-48(40,44-21-25-7-3-1-4-8-25)45-22-26-9-5-2-6-10-26/h1-14,29H,15-24H2. The van der Waals surface area contributed by atoms with E-state index in [1.165, 1.54) is 4.31 Å². The number of likely N-dealkylation sites (tertiary alicyclic amines) is 1. The number of phosphoric acid groups is 1. The molecule has 17 heteroatoms. The first-order valence-electron chi connectivity index (χ1n) is 15.3. The molecule has 2 aliphatic heterocycles. The van der Waals surface area contributed by atoms with Crippen LogP contribution in [-0.4, -0.2) is 81.0 Å². The molecule has 0 aliphatic carbocycles. The largest absolute Gasteiger partial charge is 0.475 e. The molecule has 2 saturated heterocycles. The van der Waals surface area contributed by atoms with Crippen LogP contribution < -0.4 is 0 Å². The Hall–Kier alpha value is -3.37. The number of sulfonamides is 1. The molecule has 2 aliphatic rings. The third-order valence-corrected chi connectivity index (χ3v) is 11.3. The Morgan fingerprint density at radius 2 is 1.41 bits per heavy atom. The molecule has 0 bridgehead atoms. The van der Waals surface area contributed by atoms with E-state index in [9.17, 15) is 35.3 Å². The van der Waals surface area contributed by atoms with Crippen molar-refractivity contribution in [2.24, 2.45) is 0 Å². The smallest absolute Gasteiger partial charge is 0.434 e. The highest BCUT2D eigenvalue weighted by atomic mass is 32.2. The molecular formula is C32H35F4N2O9PS. The summed E-state index contributed by atoms with van der Waals surface area (Å²) in [5, 5.41) is 0. The Morgan fingerprint density at radius 3 is 1.94 bits per heavy atom. The van der Waals surface area contributed by atoms with Crippen LogP contribution in [0.25, 0.3) is 0 Å². The van der Waals surface area contributed by atoms with E-state index in [0.29, 0.717) is 11.1 Å². The summed E-state index contributed by atoms with van der Waals surface area (Å²) >= 11 is 0. The van der Waals surface area contributed by atoms with Crippen molar-refractivity contribution in [3.05, 3.63) is 102 Å². The van der Waals surface area contributed by atoms with Gasteiger partial charge in [-0.25, -0.2) is 22.2 Å². The molecule has 5 rings (SSSR count). The number of morpholine rings is 1. The molecule has 2 heterocycles. The van der Waals surface area contributed by atoms with E-state index in [2.05, 4.69) is 0 Å². The Bertz CT molecular complexity index is 1650. The van der Waals surface area contributed by atoms with Crippen molar-refractivity contribution < 1.29 is 58.4 Å². The first-order chi connectivity index (χ1) is 23.3. The lowest BCUT2D eigenvalue weighted by Gasteiger charge is -2.46. The van der Waals surface area contributed by atoms with Crippen molar-refractivity contribution in [3.8, 4) is 0 Å². The van der Waals surface area contributed by atoms with E-state index < -0.39 is 54.2 Å². The Balaban J connectivity index is 1.19. The van der Waals surface area contributed by atoms with Crippen LogP contribution >= 0.6 is 7.82 Å². The lowest BCUT2D eigenvalue weighted by Crippen LogP contribution is -2.58. The molecular weight excluding hydrogens is 695 g/mol. The molecule has 3 aromatic carbocycles. The summed E-state index contributed by atoms with van der Waals surface area (Å²) in [5.74, 6) is -0.585. The van der Waals surface area contributed by atoms with Crippen molar-refractivity contribution in [1.82, 2.24) is 9.21 Å². The maximum Gasteiger partial charge on any atom is 0.475 e. The number of nitrogens with zero attached hydrogens (tertiary/aromatic N) is 2. The molecule has 1 atom stereocenters. The number of halogens is 4. The van der Waals surface area contributed by atoms with E-state index in [-0.39, 0.29) is 63.7 Å². The van der Waals surface area contributed by atoms with Gasteiger partial charge in [0.1, 0.15) is 12.4 Å². The van der Waals surface area contributed by atoms with Crippen molar-refractivity contribution in [2.75, 3.05) is 39.4 Å². The molecule has 0 N–H and O–H groups in total. The number of amides is 1. The molecule has 1 unspecified atom stereocenters.